The van der Waals surface area contributed by atoms with Gasteiger partial charge in [0.15, 0.2) is 9.84 Å². The zero-order chi connectivity index (χ0) is 11.9. The number of carbonyl (C=O) groups excluding carboxylic acids is 1. The molecule has 0 aliphatic heterocycles. The summed E-state index contributed by atoms with van der Waals surface area (Å²) in [4.78, 5) is 22.1. The van der Waals surface area contributed by atoms with Gasteiger partial charge >= 0.3 is 5.97 Å². The van der Waals surface area contributed by atoms with Crippen molar-refractivity contribution in [2.45, 2.75) is 30.6 Å². The fraction of sp³-hybridized carbons (Fsp3) is 0.750. The van der Waals surface area contributed by atoms with Gasteiger partial charge in [0.2, 0.25) is 5.91 Å². The highest BCUT2D eigenvalue weighted by molar-refractivity contribution is 7.92. The molecule has 0 aromatic rings. The Balaban J connectivity index is 2.69. The molecule has 1 amide bonds. The second-order valence-corrected chi connectivity index (χ2v) is 6.21. The van der Waals surface area contributed by atoms with Gasteiger partial charge in [0, 0.05) is 6.26 Å². The van der Waals surface area contributed by atoms with Gasteiger partial charge in [-0.15, -0.1) is 0 Å². The van der Waals surface area contributed by atoms with E-state index in [-0.39, 0.29) is 0 Å². The molecule has 1 atom stereocenters. The van der Waals surface area contributed by atoms with Crippen LogP contribution in [-0.4, -0.2) is 42.4 Å². The van der Waals surface area contributed by atoms with Gasteiger partial charge in [-0.05, 0) is 19.8 Å². The summed E-state index contributed by atoms with van der Waals surface area (Å²) in [6.45, 7) is 1.24. The molecule has 7 heteroatoms. The molecule has 1 saturated carbocycles. The number of sulfone groups is 1. The first kappa shape index (κ1) is 12.0. The van der Waals surface area contributed by atoms with Crippen molar-refractivity contribution in [1.29, 1.82) is 0 Å². The van der Waals surface area contributed by atoms with Crippen LogP contribution in [-0.2, 0) is 19.4 Å². The zero-order valence-corrected chi connectivity index (χ0v) is 9.30. The summed E-state index contributed by atoms with van der Waals surface area (Å²) in [6.07, 6.45) is 1.65. The number of nitrogens with one attached hydrogen (secondary N) is 1. The highest BCUT2D eigenvalue weighted by Gasteiger charge is 2.52. The number of aliphatic carboxylic acids is 1. The first-order chi connectivity index (χ1) is 6.69. The largest absolute Gasteiger partial charge is 0.480 e. The maximum absolute atomic E-state index is 11.4. The summed E-state index contributed by atoms with van der Waals surface area (Å²) in [5.41, 5.74) is -1.23. The van der Waals surface area contributed by atoms with Gasteiger partial charge in [-0.2, -0.15) is 0 Å². The molecule has 6 nitrogen and oxygen atoms in total. The summed E-state index contributed by atoms with van der Waals surface area (Å²) >= 11 is 0. The molecule has 86 valence electrons. The molecule has 0 aromatic carbocycles. The zero-order valence-electron chi connectivity index (χ0n) is 8.48. The van der Waals surface area contributed by atoms with E-state index < -0.39 is 32.5 Å². The third kappa shape index (κ3) is 2.47. The predicted molar refractivity (Wildman–Crippen MR) is 52.0 cm³/mol. The smallest absolute Gasteiger partial charge is 0.329 e. The molecular weight excluding hydrogens is 222 g/mol. The third-order valence-electron chi connectivity index (χ3n) is 2.53. The molecule has 15 heavy (non-hydrogen) atoms. The summed E-state index contributed by atoms with van der Waals surface area (Å²) < 4.78 is 22.1. The second-order valence-electron chi connectivity index (χ2n) is 3.85. The molecular formula is C8H13NO5S. The van der Waals surface area contributed by atoms with Crippen LogP contribution in [0.1, 0.15) is 19.8 Å². The van der Waals surface area contributed by atoms with Crippen LogP contribution in [0.5, 0.6) is 0 Å². The molecule has 1 aliphatic carbocycles. The molecule has 0 radical (unpaired) electrons. The Labute approximate surface area is 87.6 Å². The minimum Gasteiger partial charge on any atom is -0.480 e. The first-order valence-corrected chi connectivity index (χ1v) is 6.39. The minimum atomic E-state index is -3.48. The Morgan fingerprint density at radius 3 is 2.13 bits per heavy atom. The number of carboxylic acid groups (broad SMARTS) is 1. The summed E-state index contributed by atoms with van der Waals surface area (Å²) in [5.74, 6) is -1.87. The van der Waals surface area contributed by atoms with Crippen molar-refractivity contribution in [2.24, 2.45) is 0 Å². The third-order valence-corrected chi connectivity index (χ3v) is 4.03. The number of hydrogen-bond acceptors (Lipinski definition) is 4. The predicted octanol–water partition coefficient (Wildman–Crippen LogP) is -0.847. The Kier molecular flexibility index (Phi) is 2.77. The van der Waals surface area contributed by atoms with E-state index in [0.717, 1.165) is 6.26 Å². The van der Waals surface area contributed by atoms with E-state index in [1.807, 2.05) is 0 Å². The summed E-state index contributed by atoms with van der Waals surface area (Å²) in [6, 6.07) is 0. The van der Waals surface area contributed by atoms with E-state index in [4.69, 9.17) is 5.11 Å². The molecule has 0 aromatic heterocycles. The highest BCUT2D eigenvalue weighted by Crippen LogP contribution is 2.35. The molecule has 1 aliphatic rings. The van der Waals surface area contributed by atoms with Gasteiger partial charge in [-0.1, -0.05) is 0 Å². The van der Waals surface area contributed by atoms with Gasteiger partial charge in [-0.3, -0.25) is 4.79 Å². The fourth-order valence-electron chi connectivity index (χ4n) is 1.05. The topological polar surface area (TPSA) is 101 Å². The number of rotatable bonds is 4. The lowest BCUT2D eigenvalue weighted by molar-refractivity contribution is -0.143. The second kappa shape index (κ2) is 3.48. The Morgan fingerprint density at radius 1 is 1.40 bits per heavy atom. The van der Waals surface area contributed by atoms with Crippen molar-refractivity contribution in [3.63, 3.8) is 0 Å². The summed E-state index contributed by atoms with van der Waals surface area (Å²) in [7, 11) is -3.48. The quantitative estimate of drug-likeness (QED) is 0.661. The van der Waals surface area contributed by atoms with Crippen molar-refractivity contribution in [3.05, 3.63) is 0 Å². The SMILES string of the molecule is CC(C(=O)NC1(C(=O)O)CC1)S(C)(=O)=O. The number of carboxylic acids is 1. The van der Waals surface area contributed by atoms with E-state index in [1.165, 1.54) is 6.92 Å². The van der Waals surface area contributed by atoms with E-state index in [9.17, 15) is 18.0 Å². The van der Waals surface area contributed by atoms with Crippen LogP contribution in [0.15, 0.2) is 0 Å². The van der Waals surface area contributed by atoms with E-state index in [0.29, 0.717) is 12.8 Å². The van der Waals surface area contributed by atoms with Gasteiger partial charge < -0.3 is 10.4 Å². The lowest BCUT2D eigenvalue weighted by Crippen LogP contribution is -2.48. The fourth-order valence-corrected chi connectivity index (χ4v) is 1.50. The highest BCUT2D eigenvalue weighted by atomic mass is 32.2. The van der Waals surface area contributed by atoms with Crippen LogP contribution in [0.25, 0.3) is 0 Å². The van der Waals surface area contributed by atoms with Crippen LogP contribution < -0.4 is 5.32 Å². The number of amides is 1. The molecule has 2 N–H and O–H groups in total. The Hall–Kier alpha value is -1.11. The molecule has 1 unspecified atom stereocenters. The Morgan fingerprint density at radius 2 is 1.87 bits per heavy atom. The molecule has 1 fully saturated rings. The molecule has 0 spiro atoms. The van der Waals surface area contributed by atoms with Crippen molar-refractivity contribution in [3.8, 4) is 0 Å². The maximum atomic E-state index is 11.4. The molecule has 1 rings (SSSR count). The van der Waals surface area contributed by atoms with Gasteiger partial charge in [-0.25, -0.2) is 13.2 Å². The van der Waals surface area contributed by atoms with Crippen molar-refractivity contribution < 1.29 is 23.1 Å². The standard InChI is InChI=1S/C8H13NO5S/c1-5(15(2,13)14)6(10)9-8(3-4-8)7(11)12/h5H,3-4H2,1-2H3,(H,9,10)(H,11,12). The molecule has 0 bridgehead atoms. The van der Waals surface area contributed by atoms with Crippen LogP contribution in [0.2, 0.25) is 0 Å². The lowest BCUT2D eigenvalue weighted by atomic mass is 10.2. The minimum absolute atomic E-state index is 0.352. The van der Waals surface area contributed by atoms with E-state index >= 15 is 0 Å². The van der Waals surface area contributed by atoms with Crippen LogP contribution in [0.4, 0.5) is 0 Å². The average molecular weight is 235 g/mol. The Bertz CT molecular complexity index is 395. The molecule has 0 saturated heterocycles. The van der Waals surface area contributed by atoms with Crippen LogP contribution >= 0.6 is 0 Å². The first-order valence-electron chi connectivity index (χ1n) is 4.43. The number of hydrogen-bond donors (Lipinski definition) is 2. The number of carbonyl (C=O) groups is 2. The lowest BCUT2D eigenvalue weighted by Gasteiger charge is -2.15. The van der Waals surface area contributed by atoms with Crippen molar-refractivity contribution >= 4 is 21.7 Å². The molecule has 0 heterocycles. The van der Waals surface area contributed by atoms with E-state index in [2.05, 4.69) is 5.32 Å². The van der Waals surface area contributed by atoms with Gasteiger partial charge in [0.1, 0.15) is 10.8 Å². The average Bonchev–Trinajstić information content (AvgIpc) is 2.82. The maximum Gasteiger partial charge on any atom is 0.329 e. The van der Waals surface area contributed by atoms with Gasteiger partial charge in [0.05, 0.1) is 0 Å². The van der Waals surface area contributed by atoms with Gasteiger partial charge in [0.25, 0.3) is 0 Å². The van der Waals surface area contributed by atoms with Crippen molar-refractivity contribution in [1.82, 2.24) is 5.32 Å². The monoisotopic (exact) mass is 235 g/mol. The normalized spacial score (nSPS) is 20.4. The van der Waals surface area contributed by atoms with Crippen molar-refractivity contribution in [2.75, 3.05) is 6.26 Å². The summed E-state index contributed by atoms with van der Waals surface area (Å²) in [5, 5.41) is 9.81. The van der Waals surface area contributed by atoms with Crippen LogP contribution in [0, 0.1) is 0 Å². The van der Waals surface area contributed by atoms with Crippen LogP contribution in [0.3, 0.4) is 0 Å². The van der Waals surface area contributed by atoms with E-state index in [1.54, 1.807) is 0 Å².